The van der Waals surface area contributed by atoms with E-state index in [0.717, 1.165) is 6.20 Å². The molecule has 0 saturated carbocycles. The van der Waals surface area contributed by atoms with Crippen LogP contribution in [0, 0.1) is 0 Å². The van der Waals surface area contributed by atoms with E-state index in [1.54, 1.807) is 6.07 Å². The van der Waals surface area contributed by atoms with Crippen molar-refractivity contribution in [1.82, 2.24) is 5.16 Å². The van der Waals surface area contributed by atoms with Crippen molar-refractivity contribution in [1.29, 1.82) is 0 Å². The highest BCUT2D eigenvalue weighted by atomic mass is 19.4. The third-order valence-electron chi connectivity index (χ3n) is 2.71. The van der Waals surface area contributed by atoms with Crippen molar-refractivity contribution in [3.05, 3.63) is 36.0 Å². The Bertz CT molecular complexity index is 608. The fourth-order valence-corrected chi connectivity index (χ4v) is 1.84. The Morgan fingerprint density at radius 3 is 2.67 bits per heavy atom. The molecule has 0 unspecified atom stereocenters. The Labute approximate surface area is 98.6 Å². The van der Waals surface area contributed by atoms with Crippen LogP contribution in [0.15, 0.2) is 35.0 Å². The highest BCUT2D eigenvalue weighted by molar-refractivity contribution is 5.71. The van der Waals surface area contributed by atoms with Gasteiger partial charge in [0, 0.05) is 0 Å². The van der Waals surface area contributed by atoms with Gasteiger partial charge in [-0.3, -0.25) is 0 Å². The summed E-state index contributed by atoms with van der Waals surface area (Å²) < 4.78 is 48.3. The molecule has 2 heterocycles. The standard InChI is InChI=1S/C11H6F3NO3/c12-11(13,14)10(16)7-5-15-18-9(7)6-3-1-2-4-8(6)17-10/h1-5,16H/t10-/m0/s1. The molecule has 1 atom stereocenters. The highest BCUT2D eigenvalue weighted by Crippen LogP contribution is 2.50. The van der Waals surface area contributed by atoms with Crippen molar-refractivity contribution < 1.29 is 27.5 Å². The number of hydrogen-bond donors (Lipinski definition) is 1. The summed E-state index contributed by atoms with van der Waals surface area (Å²) in [5.74, 6) is -3.69. The zero-order chi connectivity index (χ0) is 13.0. The minimum atomic E-state index is -5.00. The second kappa shape index (κ2) is 3.26. The van der Waals surface area contributed by atoms with Gasteiger partial charge in [-0.2, -0.15) is 13.2 Å². The van der Waals surface area contributed by atoms with Crippen molar-refractivity contribution in [2.45, 2.75) is 12.0 Å². The van der Waals surface area contributed by atoms with Gasteiger partial charge in [-0.1, -0.05) is 17.3 Å². The van der Waals surface area contributed by atoms with Crippen LogP contribution in [-0.4, -0.2) is 16.4 Å². The zero-order valence-electron chi connectivity index (χ0n) is 8.73. The summed E-state index contributed by atoms with van der Waals surface area (Å²) in [6, 6.07) is 5.95. The van der Waals surface area contributed by atoms with E-state index < -0.39 is 17.5 Å². The van der Waals surface area contributed by atoms with Crippen molar-refractivity contribution in [2.75, 3.05) is 0 Å². The van der Waals surface area contributed by atoms with Crippen molar-refractivity contribution in [2.24, 2.45) is 0 Å². The molecular formula is C11H6F3NO3. The molecule has 0 spiro atoms. The zero-order valence-corrected chi connectivity index (χ0v) is 8.73. The number of benzene rings is 1. The van der Waals surface area contributed by atoms with Crippen LogP contribution in [0.1, 0.15) is 5.56 Å². The summed E-state index contributed by atoms with van der Waals surface area (Å²) in [4.78, 5) is 0. The topological polar surface area (TPSA) is 55.5 Å². The Balaban J connectivity index is 2.28. The first-order valence-corrected chi connectivity index (χ1v) is 4.96. The van der Waals surface area contributed by atoms with Crippen LogP contribution in [0.5, 0.6) is 5.75 Å². The molecule has 7 heteroatoms. The van der Waals surface area contributed by atoms with E-state index in [4.69, 9.17) is 9.26 Å². The van der Waals surface area contributed by atoms with E-state index in [2.05, 4.69) is 5.16 Å². The maximum atomic E-state index is 12.9. The van der Waals surface area contributed by atoms with E-state index in [-0.39, 0.29) is 11.5 Å². The third kappa shape index (κ3) is 1.28. The molecule has 0 bridgehead atoms. The molecule has 3 rings (SSSR count). The van der Waals surface area contributed by atoms with E-state index >= 15 is 0 Å². The fraction of sp³-hybridized carbons (Fsp3) is 0.182. The summed E-state index contributed by atoms with van der Waals surface area (Å²) in [5.41, 5.74) is -0.229. The molecule has 1 aromatic heterocycles. The number of aliphatic hydroxyl groups is 1. The molecule has 2 aromatic rings. The molecule has 1 N–H and O–H groups in total. The van der Waals surface area contributed by atoms with Crippen LogP contribution in [0.25, 0.3) is 11.3 Å². The predicted molar refractivity (Wildman–Crippen MR) is 52.5 cm³/mol. The van der Waals surface area contributed by atoms with Gasteiger partial charge in [-0.05, 0) is 12.1 Å². The lowest BCUT2D eigenvalue weighted by Crippen LogP contribution is -2.48. The number of para-hydroxylation sites is 1. The molecule has 0 saturated heterocycles. The minimum Gasteiger partial charge on any atom is -0.449 e. The van der Waals surface area contributed by atoms with Crippen LogP contribution < -0.4 is 4.74 Å². The third-order valence-corrected chi connectivity index (χ3v) is 2.71. The smallest absolute Gasteiger partial charge is 0.449 e. The number of alkyl halides is 3. The van der Waals surface area contributed by atoms with Crippen molar-refractivity contribution in [3.8, 4) is 17.1 Å². The van der Waals surface area contributed by atoms with E-state index in [0.29, 0.717) is 5.56 Å². The van der Waals surface area contributed by atoms with Crippen LogP contribution in [0.4, 0.5) is 13.2 Å². The predicted octanol–water partition coefficient (Wildman–Crippen LogP) is 2.44. The number of ether oxygens (including phenoxy) is 1. The second-order valence-electron chi connectivity index (χ2n) is 3.81. The molecule has 0 radical (unpaired) electrons. The molecule has 1 aromatic carbocycles. The van der Waals surface area contributed by atoms with E-state index in [1.165, 1.54) is 18.2 Å². The Morgan fingerprint density at radius 1 is 1.22 bits per heavy atom. The fourth-order valence-electron chi connectivity index (χ4n) is 1.84. The van der Waals surface area contributed by atoms with E-state index in [9.17, 15) is 18.3 Å². The minimum absolute atomic E-state index is 0.110. The van der Waals surface area contributed by atoms with Gasteiger partial charge in [0.15, 0.2) is 5.76 Å². The van der Waals surface area contributed by atoms with Crippen LogP contribution >= 0.6 is 0 Å². The van der Waals surface area contributed by atoms with Gasteiger partial charge in [0.2, 0.25) is 0 Å². The van der Waals surface area contributed by atoms with Crippen molar-refractivity contribution in [3.63, 3.8) is 0 Å². The first-order chi connectivity index (χ1) is 8.43. The van der Waals surface area contributed by atoms with Gasteiger partial charge in [-0.25, -0.2) is 0 Å². The molecule has 0 amide bonds. The number of nitrogens with zero attached hydrogens (tertiary/aromatic N) is 1. The lowest BCUT2D eigenvalue weighted by atomic mass is 9.98. The maximum Gasteiger partial charge on any atom is 0.460 e. The first-order valence-electron chi connectivity index (χ1n) is 4.96. The number of rotatable bonds is 0. The monoisotopic (exact) mass is 257 g/mol. The molecule has 18 heavy (non-hydrogen) atoms. The van der Waals surface area contributed by atoms with Gasteiger partial charge in [0.1, 0.15) is 11.3 Å². The number of aromatic nitrogens is 1. The molecule has 0 aliphatic carbocycles. The number of hydrogen-bond acceptors (Lipinski definition) is 4. The molecule has 94 valence electrons. The van der Waals surface area contributed by atoms with E-state index in [1.807, 2.05) is 0 Å². The van der Waals surface area contributed by atoms with Gasteiger partial charge >= 0.3 is 12.0 Å². The Morgan fingerprint density at radius 2 is 1.94 bits per heavy atom. The molecule has 0 fully saturated rings. The second-order valence-corrected chi connectivity index (χ2v) is 3.81. The summed E-state index contributed by atoms with van der Waals surface area (Å²) in [6.07, 6.45) is -4.19. The summed E-state index contributed by atoms with van der Waals surface area (Å²) in [7, 11) is 0. The van der Waals surface area contributed by atoms with Gasteiger partial charge in [0.05, 0.1) is 11.8 Å². The average Bonchev–Trinajstić information content (AvgIpc) is 2.77. The van der Waals surface area contributed by atoms with Crippen LogP contribution in [0.3, 0.4) is 0 Å². The lowest BCUT2D eigenvalue weighted by molar-refractivity contribution is -0.345. The summed E-state index contributed by atoms with van der Waals surface area (Å²) in [5, 5.41) is 13.0. The quantitative estimate of drug-likeness (QED) is 0.787. The van der Waals surface area contributed by atoms with Gasteiger partial charge < -0.3 is 14.4 Å². The first kappa shape index (κ1) is 11.1. The van der Waals surface area contributed by atoms with Crippen LogP contribution in [-0.2, 0) is 5.79 Å². The molecule has 4 nitrogen and oxygen atoms in total. The summed E-state index contributed by atoms with van der Waals surface area (Å²) in [6.45, 7) is 0. The van der Waals surface area contributed by atoms with Gasteiger partial charge in [0.25, 0.3) is 0 Å². The molecule has 1 aliphatic heterocycles. The number of fused-ring (bicyclic) bond motifs is 3. The molecular weight excluding hydrogens is 251 g/mol. The molecule has 1 aliphatic rings. The largest absolute Gasteiger partial charge is 0.460 e. The lowest BCUT2D eigenvalue weighted by Gasteiger charge is -2.33. The van der Waals surface area contributed by atoms with Crippen LogP contribution in [0.2, 0.25) is 0 Å². The maximum absolute atomic E-state index is 12.9. The highest BCUT2D eigenvalue weighted by Gasteiger charge is 2.62. The summed E-state index contributed by atoms with van der Waals surface area (Å²) >= 11 is 0. The van der Waals surface area contributed by atoms with Gasteiger partial charge in [-0.15, -0.1) is 0 Å². The normalized spacial score (nSPS) is 22.0. The van der Waals surface area contributed by atoms with Crippen molar-refractivity contribution >= 4 is 0 Å². The Hall–Kier alpha value is -2.02. The number of halogens is 3. The Kier molecular flexibility index (Phi) is 2.01. The average molecular weight is 257 g/mol. The SMILES string of the molecule is O[C@]1(C(F)(F)F)Oc2ccccc2-c2oncc21.